The highest BCUT2D eigenvalue weighted by Crippen LogP contribution is 2.41. The van der Waals surface area contributed by atoms with Crippen molar-refractivity contribution < 1.29 is 31.5 Å². The summed E-state index contributed by atoms with van der Waals surface area (Å²) >= 11 is 0. The molecule has 1 aliphatic rings. The SMILES string of the molecule is CCN(Cc1cccc(-c2cn3ccnc3c(OC)n2)c1)C(=O)NC(C1CCCC(F)(F)C1)C(F)(F)F. The maximum atomic E-state index is 13.8. The van der Waals surface area contributed by atoms with Crippen molar-refractivity contribution >= 4 is 11.7 Å². The normalized spacial score (nSPS) is 18.4. The lowest BCUT2D eigenvalue weighted by molar-refractivity contribution is -0.177. The molecule has 0 aliphatic heterocycles. The fraction of sp³-hybridized carbons (Fsp3) is 0.480. The van der Waals surface area contributed by atoms with E-state index >= 15 is 0 Å². The molecule has 1 aromatic carbocycles. The summed E-state index contributed by atoms with van der Waals surface area (Å²) in [7, 11) is 1.48. The number of aromatic nitrogens is 3. The van der Waals surface area contributed by atoms with Crippen molar-refractivity contribution in [2.24, 2.45) is 5.92 Å². The van der Waals surface area contributed by atoms with Crippen LogP contribution in [-0.2, 0) is 6.54 Å². The lowest BCUT2D eigenvalue weighted by atomic mass is 9.81. The molecule has 0 bridgehead atoms. The smallest absolute Gasteiger partial charge is 0.408 e. The summed E-state index contributed by atoms with van der Waals surface area (Å²) in [5.41, 5.74) is 2.49. The Morgan fingerprint density at radius 2 is 2.14 bits per heavy atom. The van der Waals surface area contributed by atoms with E-state index in [0.717, 1.165) is 0 Å². The molecule has 1 N–H and O–H groups in total. The van der Waals surface area contributed by atoms with E-state index in [1.165, 1.54) is 12.0 Å². The number of urea groups is 1. The van der Waals surface area contributed by atoms with Crippen molar-refractivity contribution in [3.8, 4) is 17.1 Å². The molecule has 7 nitrogen and oxygen atoms in total. The highest BCUT2D eigenvalue weighted by molar-refractivity contribution is 5.75. The number of hydrogen-bond acceptors (Lipinski definition) is 4. The van der Waals surface area contributed by atoms with E-state index in [2.05, 4.69) is 9.97 Å². The first-order valence-corrected chi connectivity index (χ1v) is 12.0. The number of imidazole rings is 1. The summed E-state index contributed by atoms with van der Waals surface area (Å²) in [5, 5.41) is 2.00. The van der Waals surface area contributed by atoms with E-state index in [-0.39, 0.29) is 25.9 Å². The molecule has 2 heterocycles. The van der Waals surface area contributed by atoms with Crippen LogP contribution in [0.2, 0.25) is 0 Å². The molecule has 37 heavy (non-hydrogen) atoms. The number of ether oxygens (including phenoxy) is 1. The first-order chi connectivity index (χ1) is 17.5. The van der Waals surface area contributed by atoms with E-state index < -0.39 is 42.9 Å². The molecule has 12 heteroatoms. The second-order valence-corrected chi connectivity index (χ2v) is 9.19. The second kappa shape index (κ2) is 10.5. The minimum absolute atomic E-state index is 0.0198. The van der Waals surface area contributed by atoms with Gasteiger partial charge in [0.2, 0.25) is 5.92 Å². The molecule has 0 radical (unpaired) electrons. The molecular formula is C25H28F5N5O2. The van der Waals surface area contributed by atoms with Gasteiger partial charge in [-0.3, -0.25) is 0 Å². The molecular weight excluding hydrogens is 497 g/mol. The first-order valence-electron chi connectivity index (χ1n) is 12.0. The predicted octanol–water partition coefficient (Wildman–Crippen LogP) is 5.69. The number of nitrogens with zero attached hydrogens (tertiary/aromatic N) is 4. The van der Waals surface area contributed by atoms with Gasteiger partial charge in [-0.25, -0.2) is 23.5 Å². The quantitative estimate of drug-likeness (QED) is 0.402. The summed E-state index contributed by atoms with van der Waals surface area (Å²) in [6, 6.07) is 3.80. The maximum absolute atomic E-state index is 13.8. The second-order valence-electron chi connectivity index (χ2n) is 9.19. The Labute approximate surface area is 210 Å². The van der Waals surface area contributed by atoms with E-state index in [1.807, 2.05) is 11.4 Å². The zero-order chi connectivity index (χ0) is 26.8. The number of alkyl halides is 5. The van der Waals surface area contributed by atoms with E-state index in [4.69, 9.17) is 4.74 Å². The number of methoxy groups -OCH3 is 1. The van der Waals surface area contributed by atoms with Gasteiger partial charge in [0, 0.05) is 50.1 Å². The summed E-state index contributed by atoms with van der Waals surface area (Å²) in [4.78, 5) is 22.8. The number of rotatable bonds is 7. The van der Waals surface area contributed by atoms with Gasteiger partial charge in [-0.2, -0.15) is 13.2 Å². The van der Waals surface area contributed by atoms with Crippen molar-refractivity contribution in [1.82, 2.24) is 24.6 Å². The van der Waals surface area contributed by atoms with Gasteiger partial charge in [-0.15, -0.1) is 0 Å². The molecule has 0 spiro atoms. The van der Waals surface area contributed by atoms with Crippen molar-refractivity contribution in [1.29, 1.82) is 0 Å². The Balaban J connectivity index is 1.52. The number of halogens is 5. The molecule has 200 valence electrons. The third-order valence-corrected chi connectivity index (χ3v) is 6.58. The Morgan fingerprint density at radius 3 is 2.81 bits per heavy atom. The number of carbonyl (C=O) groups is 1. The summed E-state index contributed by atoms with van der Waals surface area (Å²) < 4.78 is 76.2. The van der Waals surface area contributed by atoms with Crippen LogP contribution in [0, 0.1) is 5.92 Å². The van der Waals surface area contributed by atoms with Crippen LogP contribution in [0.3, 0.4) is 0 Å². The highest BCUT2D eigenvalue weighted by Gasteiger charge is 2.50. The average Bonchev–Trinajstić information content (AvgIpc) is 3.33. The Kier molecular flexibility index (Phi) is 7.56. The Bertz CT molecular complexity index is 1250. The van der Waals surface area contributed by atoms with E-state index in [0.29, 0.717) is 28.3 Å². The number of carbonyl (C=O) groups excluding carboxylic acids is 1. The van der Waals surface area contributed by atoms with Gasteiger partial charge in [0.05, 0.1) is 12.8 Å². The Morgan fingerprint density at radius 1 is 1.35 bits per heavy atom. The average molecular weight is 526 g/mol. The minimum Gasteiger partial charge on any atom is -0.478 e. The van der Waals surface area contributed by atoms with Gasteiger partial charge in [0.1, 0.15) is 6.04 Å². The maximum Gasteiger partial charge on any atom is 0.408 e. The topological polar surface area (TPSA) is 71.8 Å². The molecule has 1 fully saturated rings. The van der Waals surface area contributed by atoms with Crippen molar-refractivity contribution in [3.63, 3.8) is 0 Å². The molecule has 0 saturated heterocycles. The lowest BCUT2D eigenvalue weighted by Gasteiger charge is -2.36. The van der Waals surface area contributed by atoms with Crippen molar-refractivity contribution in [3.05, 3.63) is 48.4 Å². The molecule has 1 aliphatic carbocycles. The zero-order valence-electron chi connectivity index (χ0n) is 20.4. The summed E-state index contributed by atoms with van der Waals surface area (Å²) in [6.45, 7) is 1.78. The highest BCUT2D eigenvalue weighted by atomic mass is 19.4. The molecule has 4 rings (SSSR count). The number of amides is 2. The molecule has 1 saturated carbocycles. The largest absolute Gasteiger partial charge is 0.478 e. The standard InChI is InChI=1S/C25H28F5N5O2/c1-3-34(23(36)33-20(25(28,29)30)18-8-5-9-24(26,27)13-18)14-16-6-4-7-17(12-16)19-15-35-11-10-31-21(35)22(32-19)37-2/h4,6-7,10-12,15,18,20H,3,5,8-9,13-14H2,1-2H3,(H,33,36). The van der Waals surface area contributed by atoms with Crippen LogP contribution in [0.5, 0.6) is 5.88 Å². The summed E-state index contributed by atoms with van der Waals surface area (Å²) in [6.07, 6.45) is -1.10. The third-order valence-electron chi connectivity index (χ3n) is 6.58. The monoisotopic (exact) mass is 525 g/mol. The molecule has 2 aromatic heterocycles. The van der Waals surface area contributed by atoms with Crippen LogP contribution in [0.15, 0.2) is 42.9 Å². The predicted molar refractivity (Wildman–Crippen MR) is 126 cm³/mol. The lowest BCUT2D eigenvalue weighted by Crippen LogP contribution is -2.55. The van der Waals surface area contributed by atoms with Crippen LogP contribution in [0.1, 0.15) is 38.2 Å². The van der Waals surface area contributed by atoms with Gasteiger partial charge in [0.15, 0.2) is 5.65 Å². The van der Waals surface area contributed by atoms with Gasteiger partial charge in [-0.1, -0.05) is 18.2 Å². The molecule has 3 aromatic rings. The number of hydrogen-bond donors (Lipinski definition) is 1. The van der Waals surface area contributed by atoms with Gasteiger partial charge >= 0.3 is 12.2 Å². The number of nitrogens with one attached hydrogen (secondary N) is 1. The number of benzene rings is 1. The molecule has 2 atom stereocenters. The van der Waals surface area contributed by atoms with Gasteiger partial charge in [0.25, 0.3) is 5.88 Å². The first kappa shape index (κ1) is 26.6. The van der Waals surface area contributed by atoms with Crippen molar-refractivity contribution in [2.45, 2.75) is 57.3 Å². The van der Waals surface area contributed by atoms with Gasteiger partial charge in [-0.05, 0) is 37.3 Å². The number of fused-ring (bicyclic) bond motifs is 1. The van der Waals surface area contributed by atoms with Gasteiger partial charge < -0.3 is 19.4 Å². The van der Waals surface area contributed by atoms with Crippen molar-refractivity contribution in [2.75, 3.05) is 13.7 Å². The van der Waals surface area contributed by atoms with Crippen LogP contribution in [-0.4, -0.2) is 57.1 Å². The Hall–Kier alpha value is -3.44. The zero-order valence-corrected chi connectivity index (χ0v) is 20.4. The summed E-state index contributed by atoms with van der Waals surface area (Å²) in [5.74, 6) is -4.22. The fourth-order valence-electron chi connectivity index (χ4n) is 4.74. The van der Waals surface area contributed by atoms with E-state index in [1.54, 1.807) is 48.1 Å². The molecule has 2 amide bonds. The molecule has 2 unspecified atom stereocenters. The van der Waals surface area contributed by atoms with Crippen LogP contribution in [0.25, 0.3) is 16.9 Å². The van der Waals surface area contributed by atoms with Crippen LogP contribution >= 0.6 is 0 Å². The minimum atomic E-state index is -4.84. The third kappa shape index (κ3) is 6.11. The van der Waals surface area contributed by atoms with Crippen LogP contribution < -0.4 is 10.1 Å². The fourth-order valence-corrected chi connectivity index (χ4v) is 4.74. The van der Waals surface area contributed by atoms with Crippen LogP contribution in [0.4, 0.5) is 26.7 Å². The van der Waals surface area contributed by atoms with E-state index in [9.17, 15) is 26.7 Å².